The lowest BCUT2D eigenvalue weighted by molar-refractivity contribution is 0.600. The Morgan fingerprint density at radius 1 is 1.05 bits per heavy atom. The molecule has 0 amide bonds. The number of sulfonamides is 1. The lowest BCUT2D eigenvalue weighted by atomic mass is 10.1. The molecular weight excluding hydrogens is 291 g/mol. The van der Waals surface area contributed by atoms with E-state index >= 15 is 0 Å². The fourth-order valence-corrected chi connectivity index (χ4v) is 2.60. The van der Waals surface area contributed by atoms with Crippen LogP contribution in [-0.4, -0.2) is 14.7 Å². The van der Waals surface area contributed by atoms with E-state index in [1.165, 1.54) is 6.07 Å². The molecule has 0 heterocycles. The van der Waals surface area contributed by atoms with Crippen molar-refractivity contribution in [2.45, 2.75) is 13.0 Å². The molecular formula is C15H17FN2O2S. The van der Waals surface area contributed by atoms with E-state index in [1.54, 1.807) is 42.5 Å². The quantitative estimate of drug-likeness (QED) is 0.890. The predicted octanol–water partition coefficient (Wildman–Crippen LogP) is 3.37. The summed E-state index contributed by atoms with van der Waals surface area (Å²) < 4.78 is 38.6. The summed E-state index contributed by atoms with van der Waals surface area (Å²) in [7, 11) is -3.32. The summed E-state index contributed by atoms with van der Waals surface area (Å²) in [5, 5.41) is 3.15. The predicted molar refractivity (Wildman–Crippen MR) is 83.3 cm³/mol. The maximum atomic E-state index is 13.7. The molecule has 0 aliphatic carbocycles. The van der Waals surface area contributed by atoms with Crippen LogP contribution in [0.4, 0.5) is 15.8 Å². The van der Waals surface area contributed by atoms with Crippen molar-refractivity contribution in [1.29, 1.82) is 0 Å². The number of hydrogen-bond acceptors (Lipinski definition) is 3. The van der Waals surface area contributed by atoms with Gasteiger partial charge in [0.1, 0.15) is 5.82 Å². The summed E-state index contributed by atoms with van der Waals surface area (Å²) in [6.45, 7) is 1.84. The van der Waals surface area contributed by atoms with Gasteiger partial charge in [0.2, 0.25) is 10.0 Å². The number of halogens is 1. The third kappa shape index (κ3) is 4.46. The highest BCUT2D eigenvalue weighted by Gasteiger charge is 2.10. The fourth-order valence-electron chi connectivity index (χ4n) is 2.04. The van der Waals surface area contributed by atoms with E-state index in [2.05, 4.69) is 10.0 Å². The zero-order valence-corrected chi connectivity index (χ0v) is 12.6. The Morgan fingerprint density at radius 2 is 1.71 bits per heavy atom. The summed E-state index contributed by atoms with van der Waals surface area (Å²) in [6.07, 6.45) is 1.09. The van der Waals surface area contributed by atoms with Gasteiger partial charge in [0.25, 0.3) is 0 Å². The molecule has 6 heteroatoms. The molecule has 2 aromatic carbocycles. The number of benzene rings is 2. The van der Waals surface area contributed by atoms with Crippen LogP contribution in [0.2, 0.25) is 0 Å². The third-order valence-corrected chi connectivity index (χ3v) is 3.53. The van der Waals surface area contributed by atoms with Crippen LogP contribution in [0.5, 0.6) is 0 Å². The first-order valence-electron chi connectivity index (χ1n) is 6.44. The minimum Gasteiger partial charge on any atom is -0.378 e. The molecule has 0 bridgehead atoms. The normalized spacial score (nSPS) is 12.7. The van der Waals surface area contributed by atoms with Crippen LogP contribution in [0.1, 0.15) is 18.5 Å². The van der Waals surface area contributed by atoms with E-state index in [-0.39, 0.29) is 11.9 Å². The van der Waals surface area contributed by atoms with Gasteiger partial charge in [0.15, 0.2) is 0 Å². The molecule has 0 fully saturated rings. The lowest BCUT2D eigenvalue weighted by Gasteiger charge is -2.17. The molecule has 0 saturated carbocycles. The molecule has 0 aliphatic rings. The highest BCUT2D eigenvalue weighted by molar-refractivity contribution is 7.92. The third-order valence-electron chi connectivity index (χ3n) is 2.92. The summed E-state index contributed by atoms with van der Waals surface area (Å²) in [6, 6.07) is 13.1. The molecule has 0 saturated heterocycles. The first kappa shape index (κ1) is 15.3. The van der Waals surface area contributed by atoms with E-state index in [0.717, 1.165) is 6.26 Å². The van der Waals surface area contributed by atoms with Gasteiger partial charge >= 0.3 is 0 Å². The fraction of sp³-hybridized carbons (Fsp3) is 0.200. The average molecular weight is 308 g/mol. The van der Waals surface area contributed by atoms with Crippen molar-refractivity contribution >= 4 is 21.4 Å². The van der Waals surface area contributed by atoms with E-state index in [9.17, 15) is 12.8 Å². The minimum atomic E-state index is -3.32. The molecule has 21 heavy (non-hydrogen) atoms. The monoisotopic (exact) mass is 308 g/mol. The van der Waals surface area contributed by atoms with Crippen LogP contribution in [-0.2, 0) is 10.0 Å². The SMILES string of the molecule is CC(Nc1cccc(NS(C)(=O)=O)c1)c1ccccc1F. The average Bonchev–Trinajstić information content (AvgIpc) is 2.37. The maximum absolute atomic E-state index is 13.7. The molecule has 1 atom stereocenters. The highest BCUT2D eigenvalue weighted by atomic mass is 32.2. The second-order valence-corrected chi connectivity index (χ2v) is 6.59. The van der Waals surface area contributed by atoms with Crippen LogP contribution < -0.4 is 10.0 Å². The van der Waals surface area contributed by atoms with Crippen molar-refractivity contribution in [3.8, 4) is 0 Å². The largest absolute Gasteiger partial charge is 0.378 e. The molecule has 2 N–H and O–H groups in total. The van der Waals surface area contributed by atoms with Crippen molar-refractivity contribution in [1.82, 2.24) is 0 Å². The smallest absolute Gasteiger partial charge is 0.229 e. The van der Waals surface area contributed by atoms with Gasteiger partial charge in [-0.05, 0) is 31.2 Å². The van der Waals surface area contributed by atoms with Crippen LogP contribution in [0, 0.1) is 5.82 Å². The van der Waals surface area contributed by atoms with E-state index < -0.39 is 10.0 Å². The molecule has 0 radical (unpaired) electrons. The Bertz CT molecular complexity index is 732. The Labute approximate surface area is 124 Å². The second kappa shape index (κ2) is 6.13. The number of nitrogens with one attached hydrogen (secondary N) is 2. The zero-order chi connectivity index (χ0) is 15.5. The second-order valence-electron chi connectivity index (χ2n) is 4.84. The van der Waals surface area contributed by atoms with Crippen LogP contribution >= 0.6 is 0 Å². The summed E-state index contributed by atoms with van der Waals surface area (Å²) >= 11 is 0. The topological polar surface area (TPSA) is 58.2 Å². The molecule has 0 aromatic heterocycles. The van der Waals surface area contributed by atoms with Gasteiger partial charge in [0.05, 0.1) is 18.0 Å². The lowest BCUT2D eigenvalue weighted by Crippen LogP contribution is -2.11. The first-order chi connectivity index (χ1) is 9.85. The molecule has 112 valence electrons. The Morgan fingerprint density at radius 3 is 2.38 bits per heavy atom. The Hall–Kier alpha value is -2.08. The van der Waals surface area contributed by atoms with Gasteiger partial charge in [-0.2, -0.15) is 0 Å². The Kier molecular flexibility index (Phi) is 4.47. The van der Waals surface area contributed by atoms with E-state index in [4.69, 9.17) is 0 Å². The standard InChI is InChI=1S/C15H17FN2O2S/c1-11(14-8-3-4-9-15(14)16)17-12-6-5-7-13(10-12)18-21(2,19)20/h3-11,17-18H,1-2H3. The van der Waals surface area contributed by atoms with Crippen molar-refractivity contribution in [2.75, 3.05) is 16.3 Å². The molecule has 2 rings (SSSR count). The molecule has 0 spiro atoms. The minimum absolute atomic E-state index is 0.236. The summed E-state index contributed by atoms with van der Waals surface area (Å²) in [5.41, 5.74) is 1.72. The van der Waals surface area contributed by atoms with Gasteiger partial charge < -0.3 is 5.32 Å². The number of anilines is 2. The van der Waals surface area contributed by atoms with Gasteiger partial charge in [0, 0.05) is 11.3 Å². The van der Waals surface area contributed by atoms with Gasteiger partial charge in [-0.3, -0.25) is 4.72 Å². The summed E-state index contributed by atoms with van der Waals surface area (Å²) in [5.74, 6) is -0.275. The number of hydrogen-bond donors (Lipinski definition) is 2. The van der Waals surface area contributed by atoms with Crippen molar-refractivity contribution in [3.63, 3.8) is 0 Å². The van der Waals surface area contributed by atoms with Crippen molar-refractivity contribution < 1.29 is 12.8 Å². The van der Waals surface area contributed by atoms with Crippen molar-refractivity contribution in [3.05, 3.63) is 59.9 Å². The van der Waals surface area contributed by atoms with E-state index in [1.807, 2.05) is 6.92 Å². The van der Waals surface area contributed by atoms with Crippen LogP contribution in [0.25, 0.3) is 0 Å². The highest BCUT2D eigenvalue weighted by Crippen LogP contribution is 2.23. The Balaban J connectivity index is 2.16. The summed E-state index contributed by atoms with van der Waals surface area (Å²) in [4.78, 5) is 0. The van der Waals surface area contributed by atoms with Gasteiger partial charge in [-0.15, -0.1) is 0 Å². The van der Waals surface area contributed by atoms with Gasteiger partial charge in [-0.25, -0.2) is 12.8 Å². The molecule has 0 aliphatic heterocycles. The zero-order valence-electron chi connectivity index (χ0n) is 11.8. The van der Waals surface area contributed by atoms with Crippen molar-refractivity contribution in [2.24, 2.45) is 0 Å². The molecule has 2 aromatic rings. The van der Waals surface area contributed by atoms with Crippen LogP contribution in [0.15, 0.2) is 48.5 Å². The number of rotatable bonds is 5. The molecule has 1 unspecified atom stereocenters. The molecule has 4 nitrogen and oxygen atoms in total. The van der Waals surface area contributed by atoms with Crippen LogP contribution in [0.3, 0.4) is 0 Å². The maximum Gasteiger partial charge on any atom is 0.229 e. The first-order valence-corrected chi connectivity index (χ1v) is 8.33. The van der Waals surface area contributed by atoms with Gasteiger partial charge in [-0.1, -0.05) is 24.3 Å². The van der Waals surface area contributed by atoms with E-state index in [0.29, 0.717) is 16.9 Å².